The zero-order valence-corrected chi connectivity index (χ0v) is 15.5. The largest absolute Gasteiger partial charge is 0.497 e. The normalized spacial score (nSPS) is 12.6. The summed E-state index contributed by atoms with van der Waals surface area (Å²) in [5.74, 6) is 2.15. The molecule has 1 aliphatic rings. The number of nitrogen functional groups attached to an aromatic ring is 1. The van der Waals surface area contributed by atoms with Crippen molar-refractivity contribution in [2.24, 2.45) is 0 Å². The van der Waals surface area contributed by atoms with Gasteiger partial charge in [-0.3, -0.25) is 4.98 Å². The van der Waals surface area contributed by atoms with E-state index in [1.807, 2.05) is 0 Å². The van der Waals surface area contributed by atoms with Crippen molar-refractivity contribution in [2.75, 3.05) is 19.5 Å². The van der Waals surface area contributed by atoms with Crippen LogP contribution in [-0.2, 0) is 6.42 Å². The fourth-order valence-corrected chi connectivity index (χ4v) is 3.49. The van der Waals surface area contributed by atoms with Crippen LogP contribution >= 0.6 is 0 Å². The van der Waals surface area contributed by atoms with E-state index in [2.05, 4.69) is 15.0 Å². The Hall–Kier alpha value is -3.94. The lowest BCUT2D eigenvalue weighted by Gasteiger charge is -2.11. The van der Waals surface area contributed by atoms with Crippen molar-refractivity contribution in [3.05, 3.63) is 58.7 Å². The summed E-state index contributed by atoms with van der Waals surface area (Å²) >= 11 is 0. The molecule has 0 spiro atoms. The summed E-state index contributed by atoms with van der Waals surface area (Å²) in [6.07, 6.45) is 3.80. The maximum absolute atomic E-state index is 12.8. The number of fused-ring (bicyclic) bond motifs is 5. The minimum absolute atomic E-state index is 0.0781. The van der Waals surface area contributed by atoms with Crippen molar-refractivity contribution in [2.45, 2.75) is 6.42 Å². The van der Waals surface area contributed by atoms with Gasteiger partial charge in [-0.2, -0.15) is 0 Å². The molecule has 29 heavy (non-hydrogen) atoms. The molecule has 0 saturated heterocycles. The molecule has 0 unspecified atom stereocenters. The first-order valence-electron chi connectivity index (χ1n) is 9.00. The Bertz CT molecular complexity index is 1300. The Morgan fingerprint density at radius 3 is 2.76 bits per heavy atom. The van der Waals surface area contributed by atoms with Crippen LogP contribution in [0, 0.1) is 0 Å². The van der Waals surface area contributed by atoms with E-state index in [1.54, 1.807) is 49.8 Å². The highest BCUT2D eigenvalue weighted by Gasteiger charge is 2.25. The summed E-state index contributed by atoms with van der Waals surface area (Å²) in [5, 5.41) is 0.174. The first-order valence-corrected chi connectivity index (χ1v) is 9.00. The fourth-order valence-electron chi connectivity index (χ4n) is 3.49. The fraction of sp³-hybridized carbons (Fsp3) is 0.143. The molecule has 144 valence electrons. The van der Waals surface area contributed by atoms with Gasteiger partial charge >= 0.3 is 5.63 Å². The summed E-state index contributed by atoms with van der Waals surface area (Å²) in [5.41, 5.74) is 8.14. The molecule has 8 nitrogen and oxygen atoms in total. The van der Waals surface area contributed by atoms with Crippen molar-refractivity contribution in [3.63, 3.8) is 0 Å². The lowest BCUT2D eigenvalue weighted by molar-refractivity contribution is 0.326. The van der Waals surface area contributed by atoms with Crippen molar-refractivity contribution < 1.29 is 13.9 Å². The van der Waals surface area contributed by atoms with E-state index in [0.717, 1.165) is 11.1 Å². The zero-order chi connectivity index (χ0) is 20.0. The molecule has 1 aromatic carbocycles. The van der Waals surface area contributed by atoms with E-state index in [1.165, 1.54) is 0 Å². The number of aromatic nitrogens is 3. The van der Waals surface area contributed by atoms with E-state index >= 15 is 0 Å². The van der Waals surface area contributed by atoms with E-state index < -0.39 is 5.63 Å². The molecule has 0 amide bonds. The van der Waals surface area contributed by atoms with Gasteiger partial charge in [0.2, 0.25) is 0 Å². The van der Waals surface area contributed by atoms with Crippen LogP contribution in [0.25, 0.3) is 33.6 Å². The number of hydrogen-bond donors (Lipinski definition) is 1. The topological polar surface area (TPSA) is 113 Å². The third-order valence-corrected chi connectivity index (χ3v) is 4.88. The minimum Gasteiger partial charge on any atom is -0.497 e. The first-order chi connectivity index (χ1) is 14.2. The van der Waals surface area contributed by atoms with Gasteiger partial charge in [-0.15, -0.1) is 0 Å². The number of rotatable bonds is 2. The second-order valence-corrected chi connectivity index (χ2v) is 6.55. The van der Waals surface area contributed by atoms with Crippen molar-refractivity contribution >= 4 is 16.7 Å². The minimum atomic E-state index is -0.590. The summed E-state index contributed by atoms with van der Waals surface area (Å²) in [7, 11) is 1.58. The molecular weight excluding hydrogens is 372 g/mol. The van der Waals surface area contributed by atoms with E-state index in [0.29, 0.717) is 47.2 Å². The molecule has 0 saturated carbocycles. The Labute approximate surface area is 165 Å². The monoisotopic (exact) mass is 388 g/mol. The lowest BCUT2D eigenvalue weighted by Crippen LogP contribution is -2.11. The molecule has 0 radical (unpaired) electrons. The number of benzene rings is 1. The Kier molecular flexibility index (Phi) is 3.90. The molecule has 0 bridgehead atoms. The van der Waals surface area contributed by atoms with Crippen LogP contribution in [0.3, 0.4) is 0 Å². The summed E-state index contributed by atoms with van der Waals surface area (Å²) < 4.78 is 16.9. The van der Waals surface area contributed by atoms with Crippen LogP contribution in [0.5, 0.6) is 11.5 Å². The molecule has 3 aromatic heterocycles. The van der Waals surface area contributed by atoms with Crippen LogP contribution < -0.4 is 20.8 Å². The smallest absolute Gasteiger partial charge is 0.349 e. The third-order valence-electron chi connectivity index (χ3n) is 4.88. The van der Waals surface area contributed by atoms with Crippen LogP contribution in [-0.4, -0.2) is 28.7 Å². The molecule has 4 heterocycles. The number of ether oxygens (including phenoxy) is 2. The molecule has 0 fully saturated rings. The predicted octanol–water partition coefficient (Wildman–Crippen LogP) is 2.84. The van der Waals surface area contributed by atoms with E-state index in [9.17, 15) is 4.79 Å². The average molecular weight is 388 g/mol. The molecule has 2 N–H and O–H groups in total. The number of hydrogen-bond acceptors (Lipinski definition) is 8. The van der Waals surface area contributed by atoms with Crippen LogP contribution in [0.2, 0.25) is 0 Å². The molecule has 0 atom stereocenters. The first kappa shape index (κ1) is 17.2. The second kappa shape index (κ2) is 6.59. The van der Waals surface area contributed by atoms with E-state index in [-0.39, 0.29) is 11.2 Å². The van der Waals surface area contributed by atoms with Crippen molar-refractivity contribution in [3.8, 4) is 34.2 Å². The van der Waals surface area contributed by atoms with Crippen LogP contribution in [0.15, 0.2) is 51.9 Å². The SMILES string of the molecule is COc1ccc2c(c1)-c1oc(=O)c3c(N)nc(-c4ccncc4)nc3c1CCO2. The second-order valence-electron chi connectivity index (χ2n) is 6.55. The number of nitrogens with zero attached hydrogens (tertiary/aromatic N) is 3. The van der Waals surface area contributed by atoms with Gasteiger partial charge in [-0.05, 0) is 30.3 Å². The standard InChI is InChI=1S/C21H16N4O4/c1-27-12-2-3-15-14(10-12)18-13(6-9-28-15)17-16(21(26)29-18)19(22)25-20(24-17)11-4-7-23-8-5-11/h2-5,7-8,10H,6,9H2,1H3,(H2,22,24,25). The summed E-state index contributed by atoms with van der Waals surface area (Å²) in [6.45, 7) is 0.406. The van der Waals surface area contributed by atoms with Crippen LogP contribution in [0.4, 0.5) is 5.82 Å². The van der Waals surface area contributed by atoms with Crippen LogP contribution in [0.1, 0.15) is 5.56 Å². The highest BCUT2D eigenvalue weighted by molar-refractivity contribution is 5.94. The number of methoxy groups -OCH3 is 1. The maximum Gasteiger partial charge on any atom is 0.349 e. The molecule has 8 heteroatoms. The number of pyridine rings is 1. The molecular formula is C21H16N4O4. The summed E-state index contributed by atoms with van der Waals surface area (Å²) in [6, 6.07) is 8.94. The van der Waals surface area contributed by atoms with Gasteiger partial charge in [0.05, 0.1) is 24.8 Å². The number of anilines is 1. The van der Waals surface area contributed by atoms with Gasteiger partial charge < -0.3 is 19.6 Å². The Morgan fingerprint density at radius 1 is 1.14 bits per heavy atom. The quantitative estimate of drug-likeness (QED) is 0.558. The highest BCUT2D eigenvalue weighted by atomic mass is 16.5. The zero-order valence-electron chi connectivity index (χ0n) is 15.5. The Morgan fingerprint density at radius 2 is 1.97 bits per heavy atom. The predicted molar refractivity (Wildman–Crippen MR) is 107 cm³/mol. The summed E-state index contributed by atoms with van der Waals surface area (Å²) in [4.78, 5) is 25.8. The van der Waals surface area contributed by atoms with Gasteiger partial charge in [0, 0.05) is 29.9 Å². The van der Waals surface area contributed by atoms with Gasteiger partial charge in [-0.25, -0.2) is 14.8 Å². The van der Waals surface area contributed by atoms with Crippen molar-refractivity contribution in [1.82, 2.24) is 15.0 Å². The average Bonchev–Trinajstić information content (AvgIpc) is 2.93. The van der Waals surface area contributed by atoms with E-state index in [4.69, 9.17) is 19.6 Å². The number of nitrogens with two attached hydrogens (primary N) is 1. The highest BCUT2D eigenvalue weighted by Crippen LogP contribution is 2.39. The lowest BCUT2D eigenvalue weighted by atomic mass is 10.0. The molecule has 1 aliphatic heterocycles. The third kappa shape index (κ3) is 2.77. The maximum atomic E-state index is 12.8. The Balaban J connectivity index is 1.85. The van der Waals surface area contributed by atoms with Gasteiger partial charge in [0.15, 0.2) is 5.82 Å². The van der Waals surface area contributed by atoms with Crippen molar-refractivity contribution in [1.29, 1.82) is 0 Å². The molecule has 5 rings (SSSR count). The van der Waals surface area contributed by atoms with Gasteiger partial charge in [0.1, 0.15) is 28.5 Å². The molecule has 4 aromatic rings. The van der Waals surface area contributed by atoms with Gasteiger partial charge in [-0.1, -0.05) is 0 Å². The van der Waals surface area contributed by atoms with Gasteiger partial charge in [0.25, 0.3) is 0 Å². The molecule has 0 aliphatic carbocycles.